The fraction of sp³-hybridized carbons (Fsp3) is 0.533. The van der Waals surface area contributed by atoms with E-state index in [9.17, 15) is 14.7 Å². The molecule has 23 heavy (non-hydrogen) atoms. The molecule has 0 unspecified atom stereocenters. The first-order valence-corrected chi connectivity index (χ1v) is 7.53. The van der Waals surface area contributed by atoms with Crippen molar-refractivity contribution in [2.45, 2.75) is 12.8 Å². The molecule has 2 rings (SSSR count). The Labute approximate surface area is 139 Å². The van der Waals surface area contributed by atoms with Crippen molar-refractivity contribution >= 4 is 23.5 Å². The number of hydrogen-bond donors (Lipinski definition) is 1. The summed E-state index contributed by atoms with van der Waals surface area (Å²) in [6.07, 6.45) is 0.646. The van der Waals surface area contributed by atoms with Crippen molar-refractivity contribution in [2.75, 3.05) is 33.9 Å². The van der Waals surface area contributed by atoms with Crippen LogP contribution in [0.25, 0.3) is 0 Å². The van der Waals surface area contributed by atoms with Crippen LogP contribution in [-0.4, -0.2) is 60.8 Å². The van der Waals surface area contributed by atoms with Gasteiger partial charge in [-0.25, -0.2) is 4.98 Å². The van der Waals surface area contributed by atoms with Crippen molar-refractivity contribution < 1.29 is 24.2 Å². The molecule has 1 aromatic heterocycles. The Morgan fingerprint density at radius 1 is 1.35 bits per heavy atom. The van der Waals surface area contributed by atoms with E-state index in [2.05, 4.69) is 4.98 Å². The van der Waals surface area contributed by atoms with E-state index in [1.807, 2.05) is 0 Å². The van der Waals surface area contributed by atoms with Crippen molar-refractivity contribution in [3.63, 3.8) is 0 Å². The van der Waals surface area contributed by atoms with Gasteiger partial charge in [-0.1, -0.05) is 11.6 Å². The summed E-state index contributed by atoms with van der Waals surface area (Å²) in [5.74, 6) is -0.927. The first kappa shape index (κ1) is 17.5. The maximum Gasteiger partial charge on any atom is 0.312 e. The number of piperidine rings is 1. The summed E-state index contributed by atoms with van der Waals surface area (Å²) in [5.41, 5.74) is -0.836. The highest BCUT2D eigenvalue weighted by molar-refractivity contribution is 6.33. The molecular formula is C15H19ClN2O5. The number of hydrogen-bond acceptors (Lipinski definition) is 5. The second kappa shape index (κ2) is 7.14. The maximum atomic E-state index is 12.6. The Hall–Kier alpha value is -1.86. The lowest BCUT2D eigenvalue weighted by Crippen LogP contribution is -2.48. The molecule has 0 radical (unpaired) electrons. The summed E-state index contributed by atoms with van der Waals surface area (Å²) in [4.78, 5) is 29.7. The van der Waals surface area contributed by atoms with Gasteiger partial charge in [-0.2, -0.15) is 0 Å². The lowest BCUT2D eigenvalue weighted by atomic mass is 9.79. The van der Waals surface area contributed by atoms with Crippen LogP contribution in [0.3, 0.4) is 0 Å². The Kier molecular flexibility index (Phi) is 5.43. The second-order valence-electron chi connectivity index (χ2n) is 5.49. The largest absolute Gasteiger partial charge is 0.481 e. The smallest absolute Gasteiger partial charge is 0.312 e. The minimum absolute atomic E-state index is 0.112. The van der Waals surface area contributed by atoms with Gasteiger partial charge in [0.05, 0.1) is 24.2 Å². The molecule has 2 heterocycles. The van der Waals surface area contributed by atoms with Crippen LogP contribution >= 0.6 is 11.6 Å². The van der Waals surface area contributed by atoms with Gasteiger partial charge in [-0.15, -0.1) is 0 Å². The molecule has 7 nitrogen and oxygen atoms in total. The number of carboxylic acid groups (broad SMARTS) is 1. The fourth-order valence-electron chi connectivity index (χ4n) is 2.67. The second-order valence-corrected chi connectivity index (χ2v) is 5.90. The van der Waals surface area contributed by atoms with Gasteiger partial charge in [-0.3, -0.25) is 9.59 Å². The molecule has 1 aromatic rings. The number of carbonyl (C=O) groups is 2. The van der Waals surface area contributed by atoms with Gasteiger partial charge >= 0.3 is 5.97 Å². The van der Waals surface area contributed by atoms with Crippen molar-refractivity contribution in [3.8, 4) is 5.88 Å². The predicted octanol–water partition coefficient (Wildman–Crippen LogP) is 1.70. The van der Waals surface area contributed by atoms with E-state index in [0.29, 0.717) is 31.8 Å². The Morgan fingerprint density at radius 3 is 2.52 bits per heavy atom. The van der Waals surface area contributed by atoms with Gasteiger partial charge in [0.2, 0.25) is 5.88 Å². The normalized spacial score (nSPS) is 16.9. The summed E-state index contributed by atoms with van der Waals surface area (Å²) in [5, 5.41) is 9.68. The molecule has 0 saturated carbocycles. The molecule has 1 aliphatic rings. The molecule has 0 bridgehead atoms. The Balaban J connectivity index is 2.13. The lowest BCUT2D eigenvalue weighted by Gasteiger charge is -2.38. The van der Waals surface area contributed by atoms with Crippen LogP contribution in [-0.2, 0) is 9.53 Å². The number of rotatable bonds is 5. The number of likely N-dealkylation sites (tertiary alicyclic amines) is 1. The monoisotopic (exact) mass is 342 g/mol. The number of carboxylic acids is 1. The summed E-state index contributed by atoms with van der Waals surface area (Å²) >= 11 is 6.04. The molecular weight excluding hydrogens is 324 g/mol. The molecule has 8 heteroatoms. The van der Waals surface area contributed by atoms with Crippen LogP contribution in [0.1, 0.15) is 23.3 Å². The van der Waals surface area contributed by atoms with Crippen LogP contribution < -0.4 is 4.74 Å². The highest BCUT2D eigenvalue weighted by atomic mass is 35.5. The third-order valence-corrected chi connectivity index (χ3v) is 4.42. The highest BCUT2D eigenvalue weighted by Gasteiger charge is 2.43. The molecule has 1 amide bonds. The van der Waals surface area contributed by atoms with E-state index >= 15 is 0 Å². The standard InChI is InChI=1S/C15H19ClN2O5/c1-22-9-15(14(20)21)5-7-18(8-6-15)13(19)12-10(16)3-4-11(17-12)23-2/h3-4H,5-9H2,1-2H3,(H,20,21). The third kappa shape index (κ3) is 3.56. The number of aliphatic carboxylic acids is 1. The van der Waals surface area contributed by atoms with Gasteiger partial charge in [0.25, 0.3) is 5.91 Å². The summed E-state index contributed by atoms with van der Waals surface area (Å²) in [6, 6.07) is 3.13. The van der Waals surface area contributed by atoms with Gasteiger partial charge in [0.15, 0.2) is 5.69 Å². The molecule has 0 atom stereocenters. The number of aromatic nitrogens is 1. The lowest BCUT2D eigenvalue weighted by molar-refractivity contribution is -0.155. The maximum absolute atomic E-state index is 12.6. The van der Waals surface area contributed by atoms with Gasteiger partial charge in [0.1, 0.15) is 0 Å². The number of pyridine rings is 1. The van der Waals surface area contributed by atoms with Gasteiger partial charge in [-0.05, 0) is 18.9 Å². The number of halogens is 1. The molecule has 1 N–H and O–H groups in total. The van der Waals surface area contributed by atoms with Crippen LogP contribution in [0.2, 0.25) is 5.02 Å². The van der Waals surface area contributed by atoms with Crippen molar-refractivity contribution in [1.29, 1.82) is 0 Å². The fourth-order valence-corrected chi connectivity index (χ4v) is 2.86. The molecule has 1 fully saturated rings. The number of methoxy groups -OCH3 is 2. The summed E-state index contributed by atoms with van der Waals surface area (Å²) < 4.78 is 10.1. The zero-order valence-electron chi connectivity index (χ0n) is 13.0. The molecule has 1 saturated heterocycles. The van der Waals surface area contributed by atoms with Crippen LogP contribution in [0.4, 0.5) is 0 Å². The predicted molar refractivity (Wildman–Crippen MR) is 82.9 cm³/mol. The molecule has 1 aliphatic heterocycles. The minimum Gasteiger partial charge on any atom is -0.481 e. The molecule has 0 aliphatic carbocycles. The summed E-state index contributed by atoms with van der Waals surface area (Å²) in [7, 11) is 2.93. The van der Waals surface area contributed by atoms with Crippen LogP contribution in [0, 0.1) is 5.41 Å². The van der Waals surface area contributed by atoms with Gasteiger partial charge < -0.3 is 19.5 Å². The van der Waals surface area contributed by atoms with E-state index in [-0.39, 0.29) is 23.2 Å². The summed E-state index contributed by atoms with van der Waals surface area (Å²) in [6.45, 7) is 0.746. The minimum atomic E-state index is -0.947. The van der Waals surface area contributed by atoms with E-state index in [0.717, 1.165) is 0 Å². The number of amides is 1. The SMILES string of the molecule is COCC1(C(=O)O)CCN(C(=O)c2nc(OC)ccc2Cl)CC1. The van der Waals surface area contributed by atoms with E-state index < -0.39 is 11.4 Å². The molecule has 0 spiro atoms. The third-order valence-electron chi connectivity index (χ3n) is 4.11. The quantitative estimate of drug-likeness (QED) is 0.876. The number of ether oxygens (including phenoxy) is 2. The average molecular weight is 343 g/mol. The molecule has 126 valence electrons. The average Bonchev–Trinajstić information content (AvgIpc) is 2.55. The first-order chi connectivity index (χ1) is 10.9. The topological polar surface area (TPSA) is 89.0 Å². The van der Waals surface area contributed by atoms with Crippen molar-refractivity contribution in [3.05, 3.63) is 22.8 Å². The van der Waals surface area contributed by atoms with Crippen molar-refractivity contribution in [2.24, 2.45) is 5.41 Å². The Morgan fingerprint density at radius 2 is 2.00 bits per heavy atom. The van der Waals surface area contributed by atoms with E-state index in [1.165, 1.54) is 14.2 Å². The Bertz CT molecular complexity index is 600. The van der Waals surface area contributed by atoms with E-state index in [1.54, 1.807) is 17.0 Å². The van der Waals surface area contributed by atoms with Crippen LogP contribution in [0.5, 0.6) is 5.88 Å². The zero-order chi connectivity index (χ0) is 17.0. The first-order valence-electron chi connectivity index (χ1n) is 7.15. The van der Waals surface area contributed by atoms with E-state index in [4.69, 9.17) is 21.1 Å². The van der Waals surface area contributed by atoms with Crippen molar-refractivity contribution in [1.82, 2.24) is 9.88 Å². The number of carbonyl (C=O) groups excluding carboxylic acids is 1. The van der Waals surface area contributed by atoms with Crippen LogP contribution in [0.15, 0.2) is 12.1 Å². The number of nitrogens with zero attached hydrogens (tertiary/aromatic N) is 2. The van der Waals surface area contributed by atoms with Gasteiger partial charge in [0, 0.05) is 26.3 Å². The highest BCUT2D eigenvalue weighted by Crippen LogP contribution is 2.33. The molecule has 0 aromatic carbocycles. The zero-order valence-corrected chi connectivity index (χ0v) is 13.8.